The molecule has 5 aliphatic carbocycles. The number of fused-ring (bicyclic) bond motifs is 20. The van der Waals surface area contributed by atoms with Crippen LogP contribution in [0.25, 0.3) is 78.9 Å². The Morgan fingerprint density at radius 3 is 0.757 bits per heavy atom. The fourth-order valence-electron chi connectivity index (χ4n) is 13.7. The van der Waals surface area contributed by atoms with Gasteiger partial charge in [-0.15, -0.1) is 0 Å². The zero-order valence-electron chi connectivity index (χ0n) is 38.9. The van der Waals surface area contributed by atoms with Crippen molar-refractivity contribution in [2.24, 2.45) is 0 Å². The van der Waals surface area contributed by atoms with Crippen LogP contribution in [0.1, 0.15) is 81.3 Å². The van der Waals surface area contributed by atoms with Crippen LogP contribution in [0.3, 0.4) is 0 Å². The topological polar surface area (TPSA) is 0 Å². The van der Waals surface area contributed by atoms with E-state index in [0.29, 0.717) is 0 Å². The maximum absolute atomic E-state index is 2.49. The van der Waals surface area contributed by atoms with Crippen LogP contribution in [0.5, 0.6) is 0 Å². The van der Waals surface area contributed by atoms with E-state index in [-0.39, 0.29) is 10.8 Å². The Labute approximate surface area is 410 Å². The van der Waals surface area contributed by atoms with Crippen LogP contribution in [-0.2, 0) is 10.8 Å². The van der Waals surface area contributed by atoms with Crippen LogP contribution in [0.2, 0.25) is 0 Å². The van der Waals surface area contributed by atoms with Gasteiger partial charge in [0.1, 0.15) is 0 Å². The van der Waals surface area contributed by atoms with Gasteiger partial charge >= 0.3 is 0 Å². The van der Waals surface area contributed by atoms with Crippen LogP contribution >= 0.6 is 0 Å². The lowest BCUT2D eigenvalue weighted by molar-refractivity contribution is 0.739. The Morgan fingerprint density at radius 2 is 0.471 bits per heavy atom. The van der Waals surface area contributed by atoms with E-state index in [9.17, 15) is 0 Å². The molecule has 15 rings (SSSR count). The number of allylic oxidation sites excluding steroid dienone is 2. The molecule has 0 saturated heterocycles. The molecule has 10 aromatic rings. The molecule has 10 aromatic carbocycles. The first-order valence-corrected chi connectivity index (χ1v) is 25.2. The molecule has 2 spiro atoms. The molecule has 0 heteroatoms. The Morgan fingerprint density at radius 1 is 0.229 bits per heavy atom. The lowest BCUT2D eigenvalue weighted by Gasteiger charge is -2.30. The molecule has 0 nitrogen and oxygen atoms in total. The van der Waals surface area contributed by atoms with E-state index in [4.69, 9.17) is 0 Å². The normalized spacial score (nSPS) is 15.4. The highest BCUT2D eigenvalue weighted by atomic mass is 14.5. The van der Waals surface area contributed by atoms with E-state index < -0.39 is 0 Å². The summed E-state index contributed by atoms with van der Waals surface area (Å²) in [5.74, 6) is 0. The number of hydrogen-bond donors (Lipinski definition) is 0. The third kappa shape index (κ3) is 5.48. The summed E-state index contributed by atoms with van der Waals surface area (Å²) in [5, 5.41) is 0. The fourth-order valence-corrected chi connectivity index (χ4v) is 13.7. The summed E-state index contributed by atoms with van der Waals surface area (Å²) in [5.41, 5.74) is 31.9. The number of benzene rings is 10. The van der Waals surface area contributed by atoms with E-state index in [1.807, 2.05) is 0 Å². The van der Waals surface area contributed by atoms with E-state index in [2.05, 4.69) is 243 Å². The molecular weight excluding hydrogens is 841 g/mol. The third-order valence-electron chi connectivity index (χ3n) is 16.8. The van der Waals surface area contributed by atoms with E-state index in [1.54, 1.807) is 11.1 Å². The minimum absolute atomic E-state index is 0.324. The van der Waals surface area contributed by atoms with Gasteiger partial charge in [0.25, 0.3) is 0 Å². The molecule has 0 amide bonds. The fraction of sp³-hybridized carbons (Fsp3) is 0.0857. The highest BCUT2D eigenvalue weighted by Crippen LogP contribution is 2.64. The Balaban J connectivity index is 0.673. The average Bonchev–Trinajstić information content (AvgIpc) is 4.11. The molecular formula is C70H48. The maximum Gasteiger partial charge on any atom is 0.0725 e. The van der Waals surface area contributed by atoms with Gasteiger partial charge in [-0.2, -0.15) is 0 Å². The molecule has 1 saturated carbocycles. The Bertz CT molecular complexity index is 3480. The van der Waals surface area contributed by atoms with Crippen molar-refractivity contribution in [3.05, 3.63) is 297 Å². The second-order valence-corrected chi connectivity index (χ2v) is 20.1. The standard InChI is InChI=1S/C70H48/c1-7-19-61-53(13-1)54-14-2-8-20-62(54)69(61)65-23-11-5-17-57(65)59-39-37-51(43-67(59)69)49-33-29-47(30-34-49)41-45-25-27-46(28-26-45)42-48-31-35-50(36-32-48)52-38-40-60-58-18-6-12-24-66(58)70(68(60)44-52)63-21-9-3-15-55(63)56-16-4-10-22-64(56)70/h1-24,29-44H,25-28H2. The molecule has 0 bridgehead atoms. The van der Waals surface area contributed by atoms with Crippen molar-refractivity contribution in [1.82, 2.24) is 0 Å². The molecule has 0 unspecified atom stereocenters. The van der Waals surface area contributed by atoms with Crippen LogP contribution in [0.4, 0.5) is 0 Å². The average molecular weight is 889 g/mol. The zero-order chi connectivity index (χ0) is 46.0. The second kappa shape index (κ2) is 15.1. The predicted molar refractivity (Wildman–Crippen MR) is 291 cm³/mol. The molecule has 0 radical (unpaired) electrons. The lowest BCUT2D eigenvalue weighted by Crippen LogP contribution is -2.25. The van der Waals surface area contributed by atoms with Gasteiger partial charge in [0, 0.05) is 0 Å². The highest BCUT2D eigenvalue weighted by Gasteiger charge is 2.53. The smallest absolute Gasteiger partial charge is 0.0690 e. The van der Waals surface area contributed by atoms with Gasteiger partial charge in [0.15, 0.2) is 0 Å². The van der Waals surface area contributed by atoms with Crippen molar-refractivity contribution in [2.75, 3.05) is 0 Å². The SMILES string of the molecule is C(=C1CCC(=Cc2ccc(-c3ccc4c(c3)C3(c5ccccc5-c5ccccc53)c3ccccc3-4)cc2)CC1)c1ccc(-c2ccc3c(c2)C2(c4ccccc4-c4ccccc42)c2ccccc2-3)cc1. The molecule has 0 aromatic heterocycles. The lowest BCUT2D eigenvalue weighted by atomic mass is 9.70. The molecule has 0 heterocycles. The molecule has 0 atom stereocenters. The summed E-state index contributed by atoms with van der Waals surface area (Å²) in [4.78, 5) is 0. The summed E-state index contributed by atoms with van der Waals surface area (Å²) in [6.07, 6.45) is 9.30. The zero-order valence-corrected chi connectivity index (χ0v) is 38.9. The molecule has 0 aliphatic heterocycles. The second-order valence-electron chi connectivity index (χ2n) is 20.1. The van der Waals surface area contributed by atoms with Crippen LogP contribution in [0.15, 0.2) is 242 Å². The van der Waals surface area contributed by atoms with Crippen LogP contribution in [0, 0.1) is 0 Å². The van der Waals surface area contributed by atoms with Gasteiger partial charge < -0.3 is 0 Å². The largest absolute Gasteiger partial charge is 0.0725 e. The molecule has 70 heavy (non-hydrogen) atoms. The highest BCUT2D eigenvalue weighted by molar-refractivity contribution is 5.97. The quantitative estimate of drug-likeness (QED) is 0.165. The Kier molecular flexibility index (Phi) is 8.55. The van der Waals surface area contributed by atoms with Gasteiger partial charge in [0.2, 0.25) is 0 Å². The van der Waals surface area contributed by atoms with Crippen molar-refractivity contribution < 1.29 is 0 Å². The van der Waals surface area contributed by atoms with Gasteiger partial charge in [0.05, 0.1) is 10.8 Å². The van der Waals surface area contributed by atoms with E-state index >= 15 is 0 Å². The van der Waals surface area contributed by atoms with Crippen molar-refractivity contribution in [2.45, 2.75) is 36.5 Å². The first-order valence-electron chi connectivity index (χ1n) is 25.2. The molecule has 1 fully saturated rings. The molecule has 328 valence electrons. The van der Waals surface area contributed by atoms with Gasteiger partial charge in [-0.05, 0) is 160 Å². The third-order valence-corrected chi connectivity index (χ3v) is 16.8. The van der Waals surface area contributed by atoms with Gasteiger partial charge in [-0.25, -0.2) is 0 Å². The minimum Gasteiger partial charge on any atom is -0.0690 e. The predicted octanol–water partition coefficient (Wildman–Crippen LogP) is 17.7. The first kappa shape index (κ1) is 39.7. The van der Waals surface area contributed by atoms with Gasteiger partial charge in [-0.3, -0.25) is 0 Å². The van der Waals surface area contributed by atoms with Crippen molar-refractivity contribution in [3.63, 3.8) is 0 Å². The monoisotopic (exact) mass is 888 g/mol. The summed E-state index contributed by atoms with van der Waals surface area (Å²) < 4.78 is 0. The van der Waals surface area contributed by atoms with E-state index in [1.165, 1.54) is 122 Å². The van der Waals surface area contributed by atoms with Crippen molar-refractivity contribution >= 4 is 12.2 Å². The number of hydrogen-bond acceptors (Lipinski definition) is 0. The Hall–Kier alpha value is -8.32. The molecule has 0 N–H and O–H groups in total. The maximum atomic E-state index is 2.49. The summed E-state index contributed by atoms with van der Waals surface area (Å²) in [6.45, 7) is 0. The summed E-state index contributed by atoms with van der Waals surface area (Å²) in [7, 11) is 0. The summed E-state index contributed by atoms with van der Waals surface area (Å²) in [6, 6.07) is 87.3. The first-order chi connectivity index (χ1) is 34.7. The van der Waals surface area contributed by atoms with E-state index in [0.717, 1.165) is 25.7 Å². The van der Waals surface area contributed by atoms with Crippen LogP contribution < -0.4 is 0 Å². The van der Waals surface area contributed by atoms with Crippen molar-refractivity contribution in [1.29, 1.82) is 0 Å². The minimum atomic E-state index is -0.324. The number of rotatable bonds is 4. The van der Waals surface area contributed by atoms with Crippen LogP contribution in [-0.4, -0.2) is 0 Å². The van der Waals surface area contributed by atoms with Gasteiger partial charge in [-0.1, -0.05) is 242 Å². The molecule has 5 aliphatic rings. The van der Waals surface area contributed by atoms with Crippen molar-refractivity contribution in [3.8, 4) is 66.8 Å². The summed E-state index contributed by atoms with van der Waals surface area (Å²) >= 11 is 0.